The monoisotopic (exact) mass is 318 g/mol. The first-order chi connectivity index (χ1) is 10.6. The largest absolute Gasteiger partial charge is 0.348 e. The minimum Gasteiger partial charge on any atom is -0.348 e. The van der Waals surface area contributed by atoms with Gasteiger partial charge in [-0.2, -0.15) is 0 Å². The Morgan fingerprint density at radius 2 is 2.14 bits per heavy atom. The summed E-state index contributed by atoms with van der Waals surface area (Å²) < 4.78 is 12.9. The van der Waals surface area contributed by atoms with E-state index in [-0.39, 0.29) is 17.8 Å². The minimum atomic E-state index is -0.262. The van der Waals surface area contributed by atoms with Gasteiger partial charge in [-0.15, -0.1) is 11.3 Å². The number of hydrogen-bond donors (Lipinski definition) is 1. The molecule has 1 amide bonds. The van der Waals surface area contributed by atoms with Crippen molar-refractivity contribution in [3.8, 4) is 0 Å². The van der Waals surface area contributed by atoms with Crippen LogP contribution in [0.4, 0.5) is 4.39 Å². The highest BCUT2D eigenvalue weighted by atomic mass is 32.1. The molecule has 0 bridgehead atoms. The number of rotatable bonds is 4. The topological polar surface area (TPSA) is 32.3 Å². The van der Waals surface area contributed by atoms with Crippen molar-refractivity contribution in [2.45, 2.75) is 25.9 Å². The maximum Gasteiger partial charge on any atom is 0.234 e. The van der Waals surface area contributed by atoms with Crippen LogP contribution in [0.2, 0.25) is 0 Å². The van der Waals surface area contributed by atoms with Crippen molar-refractivity contribution in [1.82, 2.24) is 10.2 Å². The van der Waals surface area contributed by atoms with Gasteiger partial charge >= 0.3 is 0 Å². The zero-order valence-electron chi connectivity index (χ0n) is 12.5. The van der Waals surface area contributed by atoms with Crippen LogP contribution < -0.4 is 5.32 Å². The van der Waals surface area contributed by atoms with E-state index in [1.807, 2.05) is 6.92 Å². The van der Waals surface area contributed by atoms with E-state index in [0.29, 0.717) is 6.54 Å². The summed E-state index contributed by atoms with van der Waals surface area (Å²) in [6.45, 7) is 4.09. The van der Waals surface area contributed by atoms with E-state index >= 15 is 0 Å². The molecule has 0 spiro atoms. The van der Waals surface area contributed by atoms with Crippen LogP contribution in [0, 0.1) is 5.82 Å². The Morgan fingerprint density at radius 3 is 2.91 bits per heavy atom. The SMILES string of the molecule is CC(NC(=O)CN1CCc2sccc2C1)c1ccc(F)cc1. The Labute approximate surface area is 133 Å². The molecule has 0 aliphatic carbocycles. The molecule has 1 aliphatic heterocycles. The smallest absolute Gasteiger partial charge is 0.234 e. The normalized spacial score (nSPS) is 16.1. The van der Waals surface area contributed by atoms with Gasteiger partial charge in [0.2, 0.25) is 5.91 Å². The van der Waals surface area contributed by atoms with Crippen molar-refractivity contribution >= 4 is 17.2 Å². The Balaban J connectivity index is 1.53. The molecule has 0 radical (unpaired) electrons. The number of nitrogens with zero attached hydrogens (tertiary/aromatic N) is 1. The molecule has 3 rings (SSSR count). The van der Waals surface area contributed by atoms with Gasteiger partial charge in [-0.05, 0) is 48.1 Å². The van der Waals surface area contributed by atoms with Gasteiger partial charge in [0, 0.05) is 18.0 Å². The first-order valence-corrected chi connectivity index (χ1v) is 8.32. The average molecular weight is 318 g/mol. The van der Waals surface area contributed by atoms with E-state index in [2.05, 4.69) is 21.7 Å². The second kappa shape index (κ2) is 6.58. The summed E-state index contributed by atoms with van der Waals surface area (Å²) in [7, 11) is 0. The molecule has 1 aliphatic rings. The highest BCUT2D eigenvalue weighted by molar-refractivity contribution is 7.10. The summed E-state index contributed by atoms with van der Waals surface area (Å²) in [5.74, 6) is -0.252. The van der Waals surface area contributed by atoms with E-state index in [1.54, 1.807) is 23.5 Å². The quantitative estimate of drug-likeness (QED) is 0.939. The molecule has 116 valence electrons. The molecule has 5 heteroatoms. The zero-order chi connectivity index (χ0) is 15.5. The Hall–Kier alpha value is -1.72. The number of amides is 1. The Morgan fingerprint density at radius 1 is 1.36 bits per heavy atom. The molecule has 2 aromatic rings. The zero-order valence-corrected chi connectivity index (χ0v) is 13.3. The maximum absolute atomic E-state index is 12.9. The van der Waals surface area contributed by atoms with Gasteiger partial charge in [0.25, 0.3) is 0 Å². The van der Waals surface area contributed by atoms with E-state index in [1.165, 1.54) is 22.6 Å². The fourth-order valence-electron chi connectivity index (χ4n) is 2.77. The summed E-state index contributed by atoms with van der Waals surface area (Å²) in [6.07, 6.45) is 1.02. The van der Waals surface area contributed by atoms with Crippen molar-refractivity contribution in [1.29, 1.82) is 0 Å². The number of carbonyl (C=O) groups is 1. The van der Waals surface area contributed by atoms with Crippen molar-refractivity contribution in [3.05, 3.63) is 57.5 Å². The van der Waals surface area contributed by atoms with Gasteiger partial charge < -0.3 is 5.32 Å². The molecule has 1 atom stereocenters. The number of carbonyl (C=O) groups excluding carboxylic acids is 1. The van der Waals surface area contributed by atoms with Gasteiger partial charge in [0.15, 0.2) is 0 Å². The number of hydrogen-bond acceptors (Lipinski definition) is 3. The van der Waals surface area contributed by atoms with Crippen molar-refractivity contribution in [3.63, 3.8) is 0 Å². The lowest BCUT2D eigenvalue weighted by Gasteiger charge is -2.26. The predicted molar refractivity (Wildman–Crippen MR) is 86.3 cm³/mol. The van der Waals surface area contributed by atoms with Gasteiger partial charge in [0.1, 0.15) is 5.82 Å². The molecule has 2 heterocycles. The lowest BCUT2D eigenvalue weighted by molar-refractivity contribution is -0.123. The van der Waals surface area contributed by atoms with Crippen molar-refractivity contribution in [2.75, 3.05) is 13.1 Å². The standard InChI is InChI=1S/C17H19FN2OS/c1-12(13-2-4-15(18)5-3-13)19-17(21)11-20-8-6-16-14(10-20)7-9-22-16/h2-5,7,9,12H,6,8,10-11H2,1H3,(H,19,21). The average Bonchev–Trinajstić information content (AvgIpc) is 2.95. The summed E-state index contributed by atoms with van der Waals surface area (Å²) in [5, 5.41) is 5.10. The predicted octanol–water partition coefficient (Wildman–Crippen LogP) is 3.12. The maximum atomic E-state index is 12.9. The van der Waals surface area contributed by atoms with E-state index in [4.69, 9.17) is 0 Å². The number of halogens is 1. The second-order valence-corrected chi connectivity index (χ2v) is 6.67. The Kier molecular flexibility index (Phi) is 4.55. The van der Waals surface area contributed by atoms with Crippen LogP contribution in [-0.4, -0.2) is 23.9 Å². The summed E-state index contributed by atoms with van der Waals surface area (Å²) in [4.78, 5) is 15.8. The van der Waals surface area contributed by atoms with E-state index in [0.717, 1.165) is 25.1 Å². The van der Waals surface area contributed by atoms with Crippen LogP contribution in [0.1, 0.15) is 29.0 Å². The second-order valence-electron chi connectivity index (χ2n) is 5.67. The fraction of sp³-hybridized carbons (Fsp3) is 0.353. The molecule has 0 saturated carbocycles. The molecule has 22 heavy (non-hydrogen) atoms. The van der Waals surface area contributed by atoms with Gasteiger partial charge in [-0.25, -0.2) is 4.39 Å². The van der Waals surface area contributed by atoms with Crippen molar-refractivity contribution in [2.24, 2.45) is 0 Å². The molecule has 0 saturated heterocycles. The lowest BCUT2D eigenvalue weighted by atomic mass is 10.1. The third-order valence-electron chi connectivity index (χ3n) is 4.00. The molecule has 0 fully saturated rings. The number of nitrogens with one attached hydrogen (secondary N) is 1. The fourth-order valence-corrected chi connectivity index (χ4v) is 3.66. The number of fused-ring (bicyclic) bond motifs is 1. The molecular formula is C17H19FN2OS. The van der Waals surface area contributed by atoms with Crippen LogP contribution in [0.25, 0.3) is 0 Å². The highest BCUT2D eigenvalue weighted by Crippen LogP contribution is 2.23. The third-order valence-corrected chi connectivity index (χ3v) is 5.02. The molecular weight excluding hydrogens is 299 g/mol. The van der Waals surface area contributed by atoms with Crippen molar-refractivity contribution < 1.29 is 9.18 Å². The number of benzene rings is 1. The van der Waals surface area contributed by atoms with Gasteiger partial charge in [-0.1, -0.05) is 12.1 Å². The van der Waals surface area contributed by atoms with Crippen LogP contribution in [0.3, 0.4) is 0 Å². The summed E-state index contributed by atoms with van der Waals surface area (Å²) in [5.41, 5.74) is 2.25. The van der Waals surface area contributed by atoms with Crippen LogP contribution in [0.15, 0.2) is 35.7 Å². The van der Waals surface area contributed by atoms with E-state index in [9.17, 15) is 9.18 Å². The van der Waals surface area contributed by atoms with E-state index < -0.39 is 0 Å². The molecule has 3 nitrogen and oxygen atoms in total. The lowest BCUT2D eigenvalue weighted by Crippen LogP contribution is -2.40. The minimum absolute atomic E-state index is 0.00973. The Bertz CT molecular complexity index is 653. The first kappa shape index (κ1) is 15.2. The van der Waals surface area contributed by atoms with Gasteiger partial charge in [-0.3, -0.25) is 9.69 Å². The van der Waals surface area contributed by atoms with Crippen LogP contribution >= 0.6 is 11.3 Å². The molecule has 1 aromatic carbocycles. The number of thiophene rings is 1. The van der Waals surface area contributed by atoms with Crippen LogP contribution in [0.5, 0.6) is 0 Å². The molecule has 1 N–H and O–H groups in total. The summed E-state index contributed by atoms with van der Waals surface area (Å²) >= 11 is 1.80. The third kappa shape index (κ3) is 3.54. The summed E-state index contributed by atoms with van der Waals surface area (Å²) in [6, 6.07) is 8.28. The van der Waals surface area contributed by atoms with Gasteiger partial charge in [0.05, 0.1) is 12.6 Å². The first-order valence-electron chi connectivity index (χ1n) is 7.44. The van der Waals surface area contributed by atoms with Crippen LogP contribution in [-0.2, 0) is 17.8 Å². The highest BCUT2D eigenvalue weighted by Gasteiger charge is 2.20. The molecule has 1 unspecified atom stereocenters. The molecule has 1 aromatic heterocycles.